The quantitative estimate of drug-likeness (QED) is 0.831. The fourth-order valence-electron chi connectivity index (χ4n) is 2.20. The third-order valence-electron chi connectivity index (χ3n) is 3.35. The van der Waals surface area contributed by atoms with Crippen molar-refractivity contribution < 1.29 is 13.2 Å². The second-order valence-corrected chi connectivity index (χ2v) is 6.81. The van der Waals surface area contributed by atoms with E-state index in [2.05, 4.69) is 0 Å². The van der Waals surface area contributed by atoms with Gasteiger partial charge in [0, 0.05) is 18.0 Å². The summed E-state index contributed by atoms with van der Waals surface area (Å²) in [5.41, 5.74) is 2.96. The zero-order chi connectivity index (χ0) is 14.2. The predicted molar refractivity (Wildman–Crippen MR) is 75.8 cm³/mol. The summed E-state index contributed by atoms with van der Waals surface area (Å²) in [6.45, 7) is 5.42. The first-order chi connectivity index (χ1) is 8.80. The molecular formula is C14H17NO3S. The SMILES string of the molecule is CC(=O)N(c1ccc(C)c(C)c1)C1C=CS(=O)(=O)C1. The van der Waals surface area contributed by atoms with Crippen LogP contribution in [-0.4, -0.2) is 26.1 Å². The van der Waals surface area contributed by atoms with Crippen LogP contribution in [0.5, 0.6) is 0 Å². The van der Waals surface area contributed by atoms with Crippen LogP contribution in [0.15, 0.2) is 29.7 Å². The van der Waals surface area contributed by atoms with Gasteiger partial charge in [-0.3, -0.25) is 4.79 Å². The summed E-state index contributed by atoms with van der Waals surface area (Å²) >= 11 is 0. The van der Waals surface area contributed by atoms with E-state index in [9.17, 15) is 13.2 Å². The number of nitrogens with zero attached hydrogens (tertiary/aromatic N) is 1. The van der Waals surface area contributed by atoms with Gasteiger partial charge in [-0.05, 0) is 43.2 Å². The van der Waals surface area contributed by atoms with Crippen LogP contribution < -0.4 is 4.90 Å². The molecule has 0 spiro atoms. The van der Waals surface area contributed by atoms with Crippen LogP contribution in [0.2, 0.25) is 0 Å². The normalized spacial score (nSPS) is 20.5. The molecule has 2 rings (SSSR count). The molecule has 1 atom stereocenters. The van der Waals surface area contributed by atoms with Crippen LogP contribution in [0.1, 0.15) is 18.1 Å². The number of carbonyl (C=O) groups excluding carboxylic acids is 1. The van der Waals surface area contributed by atoms with Crippen molar-refractivity contribution in [3.8, 4) is 0 Å². The zero-order valence-electron chi connectivity index (χ0n) is 11.3. The number of hydrogen-bond donors (Lipinski definition) is 0. The van der Waals surface area contributed by atoms with E-state index < -0.39 is 15.9 Å². The predicted octanol–water partition coefficient (Wildman–Crippen LogP) is 1.97. The van der Waals surface area contributed by atoms with Gasteiger partial charge in [0.25, 0.3) is 0 Å². The van der Waals surface area contributed by atoms with Crippen molar-refractivity contribution in [1.82, 2.24) is 0 Å². The summed E-state index contributed by atoms with van der Waals surface area (Å²) in [5.74, 6) is -0.200. The van der Waals surface area contributed by atoms with Crippen LogP contribution in [0.4, 0.5) is 5.69 Å². The van der Waals surface area contributed by atoms with Gasteiger partial charge in [-0.1, -0.05) is 6.07 Å². The summed E-state index contributed by atoms with van der Waals surface area (Å²) in [4.78, 5) is 13.4. The monoisotopic (exact) mass is 279 g/mol. The molecule has 1 unspecified atom stereocenters. The van der Waals surface area contributed by atoms with E-state index in [1.165, 1.54) is 17.2 Å². The van der Waals surface area contributed by atoms with E-state index in [0.717, 1.165) is 16.8 Å². The van der Waals surface area contributed by atoms with E-state index in [1.54, 1.807) is 6.08 Å². The molecule has 0 saturated carbocycles. The van der Waals surface area contributed by atoms with Gasteiger partial charge < -0.3 is 4.90 Å². The van der Waals surface area contributed by atoms with Crippen LogP contribution in [0, 0.1) is 13.8 Å². The lowest BCUT2D eigenvalue weighted by Crippen LogP contribution is -2.39. The van der Waals surface area contributed by atoms with Crippen molar-refractivity contribution in [3.63, 3.8) is 0 Å². The van der Waals surface area contributed by atoms with Crippen LogP contribution in [-0.2, 0) is 14.6 Å². The van der Waals surface area contributed by atoms with E-state index in [4.69, 9.17) is 0 Å². The molecule has 0 aliphatic carbocycles. The summed E-state index contributed by atoms with van der Waals surface area (Å²) in [6.07, 6.45) is 1.58. The lowest BCUT2D eigenvalue weighted by Gasteiger charge is -2.26. The highest BCUT2D eigenvalue weighted by atomic mass is 32.2. The van der Waals surface area contributed by atoms with Gasteiger partial charge >= 0.3 is 0 Å². The van der Waals surface area contributed by atoms with Crippen LogP contribution >= 0.6 is 0 Å². The van der Waals surface area contributed by atoms with E-state index in [1.807, 2.05) is 32.0 Å². The molecule has 1 aromatic carbocycles. The van der Waals surface area contributed by atoms with Crippen molar-refractivity contribution >= 4 is 21.4 Å². The Kier molecular flexibility index (Phi) is 3.49. The zero-order valence-corrected chi connectivity index (χ0v) is 12.1. The van der Waals surface area contributed by atoms with Gasteiger partial charge in [0.2, 0.25) is 5.91 Å². The molecule has 19 heavy (non-hydrogen) atoms. The number of rotatable bonds is 2. The highest BCUT2D eigenvalue weighted by molar-refractivity contribution is 7.94. The molecule has 0 radical (unpaired) electrons. The second-order valence-electron chi connectivity index (χ2n) is 4.88. The number of anilines is 1. The van der Waals surface area contributed by atoms with E-state index in [0.29, 0.717) is 0 Å². The molecule has 5 heteroatoms. The van der Waals surface area contributed by atoms with Crippen molar-refractivity contribution in [2.75, 3.05) is 10.7 Å². The fourth-order valence-corrected chi connectivity index (χ4v) is 3.47. The fraction of sp³-hybridized carbons (Fsp3) is 0.357. The highest BCUT2D eigenvalue weighted by Crippen LogP contribution is 2.24. The second kappa shape index (κ2) is 4.81. The molecule has 1 heterocycles. The maximum Gasteiger partial charge on any atom is 0.224 e. The molecule has 1 aliphatic rings. The Labute approximate surface area is 113 Å². The first-order valence-corrected chi connectivity index (χ1v) is 7.80. The topological polar surface area (TPSA) is 54.5 Å². The first-order valence-electron chi connectivity index (χ1n) is 6.08. The van der Waals surface area contributed by atoms with Gasteiger partial charge in [0.15, 0.2) is 9.84 Å². The first kappa shape index (κ1) is 13.8. The summed E-state index contributed by atoms with van der Waals surface area (Å²) in [5, 5.41) is 1.19. The van der Waals surface area contributed by atoms with Crippen molar-refractivity contribution in [2.24, 2.45) is 0 Å². The van der Waals surface area contributed by atoms with Crippen molar-refractivity contribution in [1.29, 1.82) is 0 Å². The molecule has 0 bridgehead atoms. The molecule has 4 nitrogen and oxygen atoms in total. The molecule has 1 amide bonds. The molecule has 0 N–H and O–H groups in total. The average molecular weight is 279 g/mol. The van der Waals surface area contributed by atoms with Gasteiger partial charge in [-0.2, -0.15) is 0 Å². The number of amides is 1. The largest absolute Gasteiger partial charge is 0.305 e. The van der Waals surface area contributed by atoms with Gasteiger partial charge in [0.05, 0.1) is 11.8 Å². The summed E-state index contributed by atoms with van der Waals surface area (Å²) < 4.78 is 23.0. The minimum Gasteiger partial charge on any atom is -0.305 e. The lowest BCUT2D eigenvalue weighted by molar-refractivity contribution is -0.116. The number of hydrogen-bond acceptors (Lipinski definition) is 3. The Morgan fingerprint density at radius 1 is 1.26 bits per heavy atom. The Morgan fingerprint density at radius 3 is 2.42 bits per heavy atom. The molecule has 102 valence electrons. The molecule has 1 aliphatic heterocycles. The average Bonchev–Trinajstić information content (AvgIpc) is 2.64. The Bertz CT molecular complexity index is 647. The van der Waals surface area contributed by atoms with Crippen molar-refractivity contribution in [3.05, 3.63) is 40.8 Å². The number of benzene rings is 1. The van der Waals surface area contributed by atoms with Gasteiger partial charge in [-0.15, -0.1) is 0 Å². The number of aryl methyl sites for hydroxylation is 2. The maximum atomic E-state index is 11.8. The molecule has 0 saturated heterocycles. The Hall–Kier alpha value is -1.62. The summed E-state index contributed by atoms with van der Waals surface area (Å²) in [6, 6.07) is 5.29. The maximum absolute atomic E-state index is 11.8. The smallest absolute Gasteiger partial charge is 0.224 e. The molecule has 1 aromatic rings. The molecule has 0 aromatic heterocycles. The summed E-state index contributed by atoms with van der Waals surface area (Å²) in [7, 11) is -3.17. The lowest BCUT2D eigenvalue weighted by atomic mass is 10.1. The minimum absolute atomic E-state index is 0.0422. The number of sulfone groups is 1. The van der Waals surface area contributed by atoms with E-state index in [-0.39, 0.29) is 11.7 Å². The van der Waals surface area contributed by atoms with Gasteiger partial charge in [-0.25, -0.2) is 8.42 Å². The molecular weight excluding hydrogens is 262 g/mol. The van der Waals surface area contributed by atoms with Gasteiger partial charge in [0.1, 0.15) is 0 Å². The third-order valence-corrected chi connectivity index (χ3v) is 4.73. The Balaban J connectivity index is 2.39. The van der Waals surface area contributed by atoms with Crippen molar-refractivity contribution in [2.45, 2.75) is 26.8 Å². The number of carbonyl (C=O) groups is 1. The van der Waals surface area contributed by atoms with Crippen LogP contribution in [0.25, 0.3) is 0 Å². The Morgan fingerprint density at radius 2 is 1.95 bits per heavy atom. The van der Waals surface area contributed by atoms with E-state index >= 15 is 0 Å². The molecule has 0 fully saturated rings. The highest BCUT2D eigenvalue weighted by Gasteiger charge is 2.29. The standard InChI is InChI=1S/C14H17NO3S/c1-10-4-5-13(8-11(10)2)15(12(3)16)14-6-7-19(17,18)9-14/h4-8,14H,9H2,1-3H3. The third kappa shape index (κ3) is 2.87. The minimum atomic E-state index is -3.17. The van der Waals surface area contributed by atoms with Crippen LogP contribution in [0.3, 0.4) is 0 Å².